The third kappa shape index (κ3) is 5.04. The highest BCUT2D eigenvalue weighted by molar-refractivity contribution is 6.01. The molecule has 1 aliphatic rings. The Labute approximate surface area is 110 Å². The Morgan fingerprint density at radius 3 is 2.42 bits per heavy atom. The molecule has 0 radical (unpaired) electrons. The fourth-order valence-electron chi connectivity index (χ4n) is 1.50. The van der Waals surface area contributed by atoms with Crippen LogP contribution in [-0.4, -0.2) is 41.8 Å². The van der Waals surface area contributed by atoms with Gasteiger partial charge in [0.15, 0.2) is 0 Å². The van der Waals surface area contributed by atoms with Crippen molar-refractivity contribution < 1.29 is 24.0 Å². The van der Waals surface area contributed by atoms with Crippen LogP contribution in [0.5, 0.6) is 0 Å². The molecule has 8 heteroatoms. The first kappa shape index (κ1) is 15.1. The first-order valence-electron chi connectivity index (χ1n) is 6.08. The quantitative estimate of drug-likeness (QED) is 0.564. The summed E-state index contributed by atoms with van der Waals surface area (Å²) in [6.45, 7) is 0.743. The van der Waals surface area contributed by atoms with Gasteiger partial charge in [0.25, 0.3) is 11.8 Å². The molecule has 0 aromatic heterocycles. The molecule has 0 unspecified atom stereocenters. The average molecular weight is 271 g/mol. The molecule has 0 aliphatic carbocycles. The number of carbonyl (C=O) groups is 4. The van der Waals surface area contributed by atoms with Crippen LogP contribution in [0.3, 0.4) is 0 Å². The van der Waals surface area contributed by atoms with Crippen molar-refractivity contribution in [1.29, 1.82) is 0 Å². The highest BCUT2D eigenvalue weighted by Crippen LogP contribution is 2.13. The third-order valence-corrected chi connectivity index (χ3v) is 2.45. The Kier molecular flexibility index (Phi) is 5.94. The summed E-state index contributed by atoms with van der Waals surface area (Å²) < 4.78 is 0. The molecule has 0 bridgehead atoms. The molecule has 1 aliphatic heterocycles. The minimum absolute atomic E-state index is 0.0346. The molecule has 1 heterocycles. The summed E-state index contributed by atoms with van der Waals surface area (Å²) in [7, 11) is 0. The molecule has 1 fully saturated rings. The molecular formula is C11H17N3O5. The van der Waals surface area contributed by atoms with Gasteiger partial charge in [-0.2, -0.15) is 0 Å². The van der Waals surface area contributed by atoms with Crippen LogP contribution in [0, 0.1) is 0 Å². The van der Waals surface area contributed by atoms with Crippen molar-refractivity contribution in [2.75, 3.05) is 13.1 Å². The summed E-state index contributed by atoms with van der Waals surface area (Å²) in [5, 5.41) is 3.06. The normalized spacial score (nSPS) is 14.7. The molecule has 3 N–H and O–H groups in total. The van der Waals surface area contributed by atoms with E-state index in [0.29, 0.717) is 18.2 Å². The summed E-state index contributed by atoms with van der Waals surface area (Å²) in [5.74, 6) is -1.93. The monoisotopic (exact) mass is 271 g/mol. The molecule has 19 heavy (non-hydrogen) atoms. The van der Waals surface area contributed by atoms with Crippen molar-refractivity contribution in [3.8, 4) is 0 Å². The van der Waals surface area contributed by atoms with Crippen molar-refractivity contribution in [2.45, 2.75) is 32.1 Å². The summed E-state index contributed by atoms with van der Waals surface area (Å²) >= 11 is 0. The van der Waals surface area contributed by atoms with E-state index in [-0.39, 0.29) is 38.0 Å². The minimum Gasteiger partial charge on any atom is -0.355 e. The first-order chi connectivity index (χ1) is 9.04. The average Bonchev–Trinajstić information content (AvgIpc) is 2.68. The topological polar surface area (TPSA) is 119 Å². The van der Waals surface area contributed by atoms with Crippen LogP contribution < -0.4 is 11.1 Å². The summed E-state index contributed by atoms with van der Waals surface area (Å²) in [6.07, 6.45) is 0.538. The molecule has 0 atom stereocenters. The molecular weight excluding hydrogens is 254 g/mol. The fraction of sp³-hybridized carbons (Fsp3) is 0.636. The van der Waals surface area contributed by atoms with Gasteiger partial charge in [-0.1, -0.05) is 0 Å². The number of nitrogens with zero attached hydrogens (tertiary/aromatic N) is 1. The van der Waals surface area contributed by atoms with E-state index >= 15 is 0 Å². The molecule has 1 rings (SSSR count). The van der Waals surface area contributed by atoms with E-state index in [1.165, 1.54) is 0 Å². The Bertz CT molecular complexity index is 367. The smallest absolute Gasteiger partial charge is 0.333 e. The number of nitrogens with two attached hydrogens (primary N) is 1. The van der Waals surface area contributed by atoms with Gasteiger partial charge in [-0.3, -0.25) is 14.4 Å². The second-order valence-electron chi connectivity index (χ2n) is 4.04. The number of nitrogens with one attached hydrogen (secondary N) is 1. The van der Waals surface area contributed by atoms with Crippen LogP contribution in [-0.2, 0) is 24.0 Å². The van der Waals surface area contributed by atoms with E-state index in [1.54, 1.807) is 0 Å². The third-order valence-electron chi connectivity index (χ3n) is 2.45. The van der Waals surface area contributed by atoms with Crippen molar-refractivity contribution in [3.63, 3.8) is 0 Å². The van der Waals surface area contributed by atoms with E-state index in [2.05, 4.69) is 10.2 Å². The first-order valence-corrected chi connectivity index (χ1v) is 6.08. The van der Waals surface area contributed by atoms with E-state index in [0.717, 1.165) is 0 Å². The number of hydrogen-bond donors (Lipinski definition) is 2. The van der Waals surface area contributed by atoms with Gasteiger partial charge in [0, 0.05) is 38.8 Å². The van der Waals surface area contributed by atoms with Crippen LogP contribution in [0.15, 0.2) is 0 Å². The van der Waals surface area contributed by atoms with Gasteiger partial charge in [-0.25, -0.2) is 4.79 Å². The van der Waals surface area contributed by atoms with Crippen LogP contribution in [0.25, 0.3) is 0 Å². The van der Waals surface area contributed by atoms with Gasteiger partial charge in [-0.15, -0.1) is 5.06 Å². The van der Waals surface area contributed by atoms with E-state index in [4.69, 9.17) is 5.73 Å². The molecule has 0 aromatic rings. The second kappa shape index (κ2) is 7.47. The van der Waals surface area contributed by atoms with E-state index < -0.39 is 17.8 Å². The number of carbonyl (C=O) groups excluding carboxylic acids is 4. The molecule has 106 valence electrons. The van der Waals surface area contributed by atoms with E-state index in [1.807, 2.05) is 0 Å². The van der Waals surface area contributed by atoms with Gasteiger partial charge >= 0.3 is 5.97 Å². The number of hydroxylamine groups is 2. The highest BCUT2D eigenvalue weighted by atomic mass is 16.7. The standard InChI is InChI=1S/C11H17N3O5/c12-6-7-13-8(15)2-1-3-11(18)19-14-9(16)4-5-10(14)17/h1-7,12H2,(H,13,15). The largest absolute Gasteiger partial charge is 0.355 e. The number of imide groups is 1. The lowest BCUT2D eigenvalue weighted by atomic mass is 10.2. The van der Waals surface area contributed by atoms with Crippen molar-refractivity contribution in [3.05, 3.63) is 0 Å². The molecule has 3 amide bonds. The van der Waals surface area contributed by atoms with Crippen molar-refractivity contribution in [1.82, 2.24) is 10.4 Å². The summed E-state index contributed by atoms with van der Waals surface area (Å²) in [5.41, 5.74) is 5.21. The van der Waals surface area contributed by atoms with Gasteiger partial charge in [0.05, 0.1) is 0 Å². The zero-order chi connectivity index (χ0) is 14.3. The maximum absolute atomic E-state index is 11.4. The second-order valence-corrected chi connectivity index (χ2v) is 4.04. The lowest BCUT2D eigenvalue weighted by molar-refractivity contribution is -0.197. The summed E-state index contributed by atoms with van der Waals surface area (Å²) in [6, 6.07) is 0. The zero-order valence-corrected chi connectivity index (χ0v) is 10.5. The Morgan fingerprint density at radius 1 is 1.21 bits per heavy atom. The minimum atomic E-state index is -0.699. The molecule has 0 spiro atoms. The highest BCUT2D eigenvalue weighted by Gasteiger charge is 2.32. The zero-order valence-electron chi connectivity index (χ0n) is 10.5. The maximum Gasteiger partial charge on any atom is 0.333 e. The van der Waals surface area contributed by atoms with Crippen LogP contribution in [0.2, 0.25) is 0 Å². The van der Waals surface area contributed by atoms with Crippen LogP contribution >= 0.6 is 0 Å². The number of rotatable bonds is 7. The fourth-order valence-corrected chi connectivity index (χ4v) is 1.50. The SMILES string of the molecule is NCCNC(=O)CCCC(=O)ON1C(=O)CCC1=O. The van der Waals surface area contributed by atoms with Gasteiger partial charge in [0.2, 0.25) is 5.91 Å². The van der Waals surface area contributed by atoms with Crippen LogP contribution in [0.1, 0.15) is 32.1 Å². The lowest BCUT2D eigenvalue weighted by Crippen LogP contribution is -2.32. The van der Waals surface area contributed by atoms with Crippen molar-refractivity contribution in [2.24, 2.45) is 5.73 Å². The Morgan fingerprint density at radius 2 is 1.84 bits per heavy atom. The van der Waals surface area contributed by atoms with Crippen molar-refractivity contribution >= 4 is 23.7 Å². The van der Waals surface area contributed by atoms with Gasteiger partial charge in [-0.05, 0) is 6.42 Å². The lowest BCUT2D eigenvalue weighted by Gasteiger charge is -2.12. The number of amides is 3. The predicted molar refractivity (Wildman–Crippen MR) is 63.1 cm³/mol. The molecule has 0 aromatic carbocycles. The summed E-state index contributed by atoms with van der Waals surface area (Å²) in [4.78, 5) is 49.5. The number of hydrogen-bond acceptors (Lipinski definition) is 6. The van der Waals surface area contributed by atoms with Gasteiger partial charge < -0.3 is 15.9 Å². The predicted octanol–water partition coefficient (Wildman–Crippen LogP) is -1.16. The van der Waals surface area contributed by atoms with Crippen LogP contribution in [0.4, 0.5) is 0 Å². The Balaban J connectivity index is 2.19. The molecule has 1 saturated heterocycles. The Hall–Kier alpha value is -1.96. The molecule has 0 saturated carbocycles. The molecule has 8 nitrogen and oxygen atoms in total. The van der Waals surface area contributed by atoms with E-state index in [9.17, 15) is 19.2 Å². The maximum atomic E-state index is 11.4. The van der Waals surface area contributed by atoms with Gasteiger partial charge in [0.1, 0.15) is 0 Å².